The average Bonchev–Trinajstić information content (AvgIpc) is 3.31. The Balaban J connectivity index is 1.93. The van der Waals surface area contributed by atoms with Crippen LogP contribution in [0, 0.1) is 5.92 Å². The quantitative estimate of drug-likeness (QED) is 0.504. The van der Waals surface area contributed by atoms with Gasteiger partial charge in [0, 0.05) is 32.5 Å². The molecule has 164 valence electrons. The minimum absolute atomic E-state index is 0.0577. The number of hydrogen-bond donors (Lipinski definition) is 3. The Morgan fingerprint density at radius 3 is 2.48 bits per heavy atom. The number of likely N-dealkylation sites (tertiary alicyclic amines) is 2. The standard InChI is InChI=1S/C20H34N4O5/c1-4-18(27)23-9-5-6-15(23)20(29)24-12-14(25)10-16(24)19(28)22-11-17(26)21-8-7-13(2)3/h13-16,25H,4-12H2,1-3H3,(H,21,26)(H,22,28)/t14-,15+,16+/m1/s1. The van der Waals surface area contributed by atoms with Gasteiger partial charge < -0.3 is 25.5 Å². The van der Waals surface area contributed by atoms with E-state index in [-0.39, 0.29) is 37.2 Å². The largest absolute Gasteiger partial charge is 0.391 e. The number of aliphatic hydroxyl groups excluding tert-OH is 1. The summed E-state index contributed by atoms with van der Waals surface area (Å²) in [4.78, 5) is 52.6. The highest BCUT2D eigenvalue weighted by molar-refractivity contribution is 5.94. The molecule has 29 heavy (non-hydrogen) atoms. The summed E-state index contributed by atoms with van der Waals surface area (Å²) >= 11 is 0. The zero-order valence-corrected chi connectivity index (χ0v) is 17.6. The van der Waals surface area contributed by atoms with Crippen LogP contribution >= 0.6 is 0 Å². The second kappa shape index (κ2) is 10.6. The summed E-state index contributed by atoms with van der Waals surface area (Å²) in [5, 5.41) is 15.4. The van der Waals surface area contributed by atoms with Gasteiger partial charge in [0.1, 0.15) is 12.1 Å². The van der Waals surface area contributed by atoms with E-state index in [0.29, 0.717) is 31.8 Å². The van der Waals surface area contributed by atoms with Crippen LogP contribution in [0.3, 0.4) is 0 Å². The van der Waals surface area contributed by atoms with E-state index < -0.39 is 24.1 Å². The molecule has 2 aliphatic heterocycles. The third-order valence-electron chi connectivity index (χ3n) is 5.49. The maximum Gasteiger partial charge on any atom is 0.246 e. The van der Waals surface area contributed by atoms with Crippen LogP contribution in [0.1, 0.15) is 52.9 Å². The first-order chi connectivity index (χ1) is 13.7. The van der Waals surface area contributed by atoms with E-state index in [1.165, 1.54) is 4.90 Å². The lowest BCUT2D eigenvalue weighted by molar-refractivity contribution is -0.146. The molecule has 4 amide bonds. The molecule has 0 aliphatic carbocycles. The monoisotopic (exact) mass is 410 g/mol. The summed E-state index contributed by atoms with van der Waals surface area (Å²) in [6.07, 6.45) is 1.80. The van der Waals surface area contributed by atoms with E-state index in [9.17, 15) is 24.3 Å². The van der Waals surface area contributed by atoms with Gasteiger partial charge in [0.25, 0.3) is 0 Å². The van der Waals surface area contributed by atoms with Crippen molar-refractivity contribution in [2.24, 2.45) is 5.92 Å². The van der Waals surface area contributed by atoms with Gasteiger partial charge in [-0.15, -0.1) is 0 Å². The molecule has 2 saturated heterocycles. The van der Waals surface area contributed by atoms with E-state index in [2.05, 4.69) is 24.5 Å². The number of carbonyl (C=O) groups is 4. The van der Waals surface area contributed by atoms with E-state index in [4.69, 9.17) is 0 Å². The van der Waals surface area contributed by atoms with Crippen LogP contribution in [0.4, 0.5) is 0 Å². The molecule has 0 aromatic rings. The molecule has 0 unspecified atom stereocenters. The van der Waals surface area contributed by atoms with Crippen molar-refractivity contribution in [3.63, 3.8) is 0 Å². The van der Waals surface area contributed by atoms with E-state index in [0.717, 1.165) is 12.8 Å². The molecule has 3 atom stereocenters. The predicted molar refractivity (Wildman–Crippen MR) is 107 cm³/mol. The van der Waals surface area contributed by atoms with Crippen molar-refractivity contribution >= 4 is 23.6 Å². The fourth-order valence-electron chi connectivity index (χ4n) is 3.87. The average molecular weight is 411 g/mol. The highest BCUT2D eigenvalue weighted by Crippen LogP contribution is 2.25. The van der Waals surface area contributed by atoms with E-state index in [1.54, 1.807) is 11.8 Å². The molecule has 0 aromatic heterocycles. The van der Waals surface area contributed by atoms with Crippen molar-refractivity contribution in [2.75, 3.05) is 26.2 Å². The first kappa shape index (κ1) is 23.1. The number of nitrogens with one attached hydrogen (secondary N) is 2. The number of rotatable bonds is 8. The maximum absolute atomic E-state index is 13.0. The van der Waals surface area contributed by atoms with Gasteiger partial charge in [-0.3, -0.25) is 19.2 Å². The molecule has 0 aromatic carbocycles. The molecule has 2 heterocycles. The molecule has 0 bridgehead atoms. The Labute approximate surface area is 172 Å². The summed E-state index contributed by atoms with van der Waals surface area (Å²) in [6, 6.07) is -1.41. The summed E-state index contributed by atoms with van der Waals surface area (Å²) in [7, 11) is 0. The van der Waals surface area contributed by atoms with Crippen molar-refractivity contribution in [1.82, 2.24) is 20.4 Å². The van der Waals surface area contributed by atoms with Gasteiger partial charge in [-0.25, -0.2) is 0 Å². The van der Waals surface area contributed by atoms with Gasteiger partial charge in [-0.1, -0.05) is 20.8 Å². The molecular weight excluding hydrogens is 376 g/mol. The van der Waals surface area contributed by atoms with Crippen LogP contribution < -0.4 is 10.6 Å². The topological polar surface area (TPSA) is 119 Å². The smallest absolute Gasteiger partial charge is 0.246 e. The summed E-state index contributed by atoms with van der Waals surface area (Å²) in [5.41, 5.74) is 0. The van der Waals surface area contributed by atoms with Gasteiger partial charge >= 0.3 is 0 Å². The lowest BCUT2D eigenvalue weighted by Gasteiger charge is -2.30. The second-order valence-electron chi connectivity index (χ2n) is 8.24. The Morgan fingerprint density at radius 1 is 1.10 bits per heavy atom. The van der Waals surface area contributed by atoms with Gasteiger partial charge in [0.05, 0.1) is 12.6 Å². The zero-order valence-electron chi connectivity index (χ0n) is 17.6. The molecule has 9 nitrogen and oxygen atoms in total. The molecule has 3 N–H and O–H groups in total. The van der Waals surface area contributed by atoms with E-state index in [1.807, 2.05) is 0 Å². The molecule has 0 radical (unpaired) electrons. The molecule has 9 heteroatoms. The van der Waals surface area contributed by atoms with Crippen LogP contribution in [0.5, 0.6) is 0 Å². The predicted octanol–water partition coefficient (Wildman–Crippen LogP) is -0.372. The number of nitrogens with zero attached hydrogens (tertiary/aromatic N) is 2. The number of aliphatic hydroxyl groups is 1. The number of β-amino-alcohol motifs (C(OH)–C–C–N with tert-alkyl or cyclic N) is 1. The Morgan fingerprint density at radius 2 is 1.83 bits per heavy atom. The number of carbonyl (C=O) groups excluding carboxylic acids is 4. The van der Waals surface area contributed by atoms with Crippen molar-refractivity contribution in [3.05, 3.63) is 0 Å². The van der Waals surface area contributed by atoms with Gasteiger partial charge in [-0.2, -0.15) is 0 Å². The third kappa shape index (κ3) is 6.16. The molecule has 2 fully saturated rings. The molecule has 0 saturated carbocycles. The van der Waals surface area contributed by atoms with Gasteiger partial charge in [0.15, 0.2) is 0 Å². The number of amides is 4. The van der Waals surface area contributed by atoms with Gasteiger partial charge in [-0.05, 0) is 25.2 Å². The zero-order chi connectivity index (χ0) is 21.6. The summed E-state index contributed by atoms with van der Waals surface area (Å²) in [6.45, 7) is 6.84. The summed E-state index contributed by atoms with van der Waals surface area (Å²) in [5.74, 6) is -0.660. The fraction of sp³-hybridized carbons (Fsp3) is 0.800. The Bertz CT molecular complexity index is 624. The first-order valence-electron chi connectivity index (χ1n) is 10.6. The molecule has 2 rings (SSSR count). The SMILES string of the molecule is CCC(=O)N1CCC[C@H]1C(=O)N1C[C@H](O)C[C@H]1C(=O)NCC(=O)NCCC(C)C. The normalized spacial score (nSPS) is 24.1. The fourth-order valence-corrected chi connectivity index (χ4v) is 3.87. The third-order valence-corrected chi connectivity index (χ3v) is 5.49. The molecular formula is C20H34N4O5. The number of hydrogen-bond acceptors (Lipinski definition) is 5. The van der Waals surface area contributed by atoms with Crippen molar-refractivity contribution < 1.29 is 24.3 Å². The van der Waals surface area contributed by atoms with E-state index >= 15 is 0 Å². The minimum Gasteiger partial charge on any atom is -0.391 e. The lowest BCUT2D eigenvalue weighted by atomic mass is 10.1. The van der Waals surface area contributed by atoms with Crippen LogP contribution in [0.2, 0.25) is 0 Å². The Kier molecular flexibility index (Phi) is 8.43. The molecule has 2 aliphatic rings. The minimum atomic E-state index is -0.833. The lowest BCUT2D eigenvalue weighted by Crippen LogP contribution is -2.53. The highest BCUT2D eigenvalue weighted by atomic mass is 16.3. The van der Waals surface area contributed by atoms with Crippen LogP contribution in [-0.2, 0) is 19.2 Å². The molecule has 0 spiro atoms. The van der Waals surface area contributed by atoms with Crippen LogP contribution in [-0.4, -0.2) is 82.9 Å². The maximum atomic E-state index is 13.0. The highest BCUT2D eigenvalue weighted by Gasteiger charge is 2.44. The van der Waals surface area contributed by atoms with Crippen molar-refractivity contribution in [2.45, 2.75) is 71.1 Å². The van der Waals surface area contributed by atoms with Gasteiger partial charge in [0.2, 0.25) is 23.6 Å². The second-order valence-corrected chi connectivity index (χ2v) is 8.24. The Hall–Kier alpha value is -2.16. The van der Waals surface area contributed by atoms with Crippen LogP contribution in [0.15, 0.2) is 0 Å². The van der Waals surface area contributed by atoms with Crippen molar-refractivity contribution in [3.8, 4) is 0 Å². The summed E-state index contributed by atoms with van der Waals surface area (Å²) < 4.78 is 0. The van der Waals surface area contributed by atoms with Crippen LogP contribution in [0.25, 0.3) is 0 Å². The van der Waals surface area contributed by atoms with Crippen molar-refractivity contribution in [1.29, 1.82) is 0 Å². The first-order valence-corrected chi connectivity index (χ1v) is 10.6.